The number of hydrogen-bond donors (Lipinski definition) is 0. The van der Waals surface area contributed by atoms with Gasteiger partial charge in [-0.1, -0.05) is 6.08 Å². The molecule has 0 bridgehead atoms. The molecule has 1 aromatic rings. The predicted molar refractivity (Wildman–Crippen MR) is 76.1 cm³/mol. The lowest BCUT2D eigenvalue weighted by Crippen LogP contribution is -2.30. The lowest BCUT2D eigenvalue weighted by molar-refractivity contribution is -0.146. The van der Waals surface area contributed by atoms with Gasteiger partial charge in [0.15, 0.2) is 0 Å². The zero-order valence-electron chi connectivity index (χ0n) is 11.9. The highest BCUT2D eigenvalue weighted by atomic mass is 19.1. The van der Waals surface area contributed by atoms with Crippen molar-refractivity contribution in [3.8, 4) is 0 Å². The van der Waals surface area contributed by atoms with Crippen molar-refractivity contribution >= 4 is 11.9 Å². The van der Waals surface area contributed by atoms with Crippen molar-refractivity contribution < 1.29 is 18.7 Å². The molecule has 1 fully saturated rings. The zero-order chi connectivity index (χ0) is 15.4. The van der Waals surface area contributed by atoms with Crippen LogP contribution in [0.25, 0.3) is 0 Å². The molecule has 0 radical (unpaired) electrons. The largest absolute Gasteiger partial charge is 0.469 e. The van der Waals surface area contributed by atoms with Crippen LogP contribution in [0, 0.1) is 17.7 Å². The van der Waals surface area contributed by atoms with Crippen molar-refractivity contribution in [2.24, 2.45) is 11.8 Å². The first-order valence-corrected chi connectivity index (χ1v) is 6.80. The number of nitrogens with zero attached hydrogens (tertiary/aromatic N) is 1. The van der Waals surface area contributed by atoms with Crippen LogP contribution in [0.3, 0.4) is 0 Å². The van der Waals surface area contributed by atoms with E-state index in [4.69, 9.17) is 4.74 Å². The van der Waals surface area contributed by atoms with Gasteiger partial charge in [-0.15, -0.1) is 6.58 Å². The molecule has 0 N–H and O–H groups in total. The van der Waals surface area contributed by atoms with Crippen molar-refractivity contribution in [2.45, 2.75) is 6.42 Å². The Morgan fingerprint density at radius 3 is 2.62 bits per heavy atom. The molecule has 1 aliphatic heterocycles. The molecular formula is C16H18FNO3. The Hall–Kier alpha value is -2.17. The van der Waals surface area contributed by atoms with Gasteiger partial charge in [0.2, 0.25) is 0 Å². The standard InChI is InChI=1S/C16H18FNO3/c1-3-4-12-9-18(10-14(12)16(20)21-2)15(19)11-5-7-13(17)8-6-11/h3,5-8,12,14H,1,4,9-10H2,2H3. The van der Waals surface area contributed by atoms with Crippen molar-refractivity contribution in [2.75, 3.05) is 20.2 Å². The Bertz CT molecular complexity index is 541. The van der Waals surface area contributed by atoms with Crippen LogP contribution in [-0.2, 0) is 9.53 Å². The minimum Gasteiger partial charge on any atom is -0.469 e. The normalized spacial score (nSPS) is 21.1. The number of carbonyl (C=O) groups excluding carboxylic acids is 2. The molecule has 0 aliphatic carbocycles. The third-order valence-electron chi connectivity index (χ3n) is 3.79. The smallest absolute Gasteiger partial charge is 0.310 e. The van der Waals surface area contributed by atoms with E-state index in [1.807, 2.05) is 0 Å². The van der Waals surface area contributed by atoms with Gasteiger partial charge in [-0.2, -0.15) is 0 Å². The molecule has 0 aromatic heterocycles. The zero-order valence-corrected chi connectivity index (χ0v) is 11.9. The molecule has 2 unspecified atom stereocenters. The first kappa shape index (κ1) is 15.2. The number of hydrogen-bond acceptors (Lipinski definition) is 3. The fourth-order valence-electron chi connectivity index (χ4n) is 2.68. The molecule has 2 rings (SSSR count). The summed E-state index contributed by atoms with van der Waals surface area (Å²) in [5.41, 5.74) is 0.416. The van der Waals surface area contributed by atoms with Crippen LogP contribution in [0.5, 0.6) is 0 Å². The summed E-state index contributed by atoms with van der Waals surface area (Å²) in [7, 11) is 1.34. The number of esters is 1. The van der Waals surface area contributed by atoms with Crippen LogP contribution in [0.2, 0.25) is 0 Å². The molecule has 1 aromatic carbocycles. The Morgan fingerprint density at radius 1 is 1.38 bits per heavy atom. The van der Waals surface area contributed by atoms with E-state index in [0.717, 1.165) is 0 Å². The number of rotatable bonds is 4. The lowest BCUT2D eigenvalue weighted by atomic mass is 9.93. The van der Waals surface area contributed by atoms with E-state index in [-0.39, 0.29) is 29.5 Å². The molecule has 1 heterocycles. The van der Waals surface area contributed by atoms with Crippen LogP contribution in [0.4, 0.5) is 4.39 Å². The van der Waals surface area contributed by atoms with E-state index in [1.165, 1.54) is 31.4 Å². The van der Waals surface area contributed by atoms with Crippen LogP contribution in [-0.4, -0.2) is 37.0 Å². The van der Waals surface area contributed by atoms with Gasteiger partial charge in [0, 0.05) is 18.7 Å². The molecular weight excluding hydrogens is 273 g/mol. The first-order valence-electron chi connectivity index (χ1n) is 6.80. The van der Waals surface area contributed by atoms with Crippen molar-refractivity contribution in [1.82, 2.24) is 4.90 Å². The summed E-state index contributed by atoms with van der Waals surface area (Å²) in [4.78, 5) is 25.8. The van der Waals surface area contributed by atoms with Crippen molar-refractivity contribution in [3.05, 3.63) is 48.3 Å². The van der Waals surface area contributed by atoms with E-state index in [0.29, 0.717) is 25.1 Å². The average molecular weight is 291 g/mol. The molecule has 0 spiro atoms. The number of halogens is 1. The fourth-order valence-corrected chi connectivity index (χ4v) is 2.68. The molecule has 4 nitrogen and oxygen atoms in total. The van der Waals surface area contributed by atoms with Gasteiger partial charge in [-0.05, 0) is 36.6 Å². The van der Waals surface area contributed by atoms with Crippen molar-refractivity contribution in [3.63, 3.8) is 0 Å². The Labute approximate surface area is 123 Å². The maximum atomic E-state index is 12.9. The second kappa shape index (κ2) is 6.52. The SMILES string of the molecule is C=CCC1CN(C(=O)c2ccc(F)cc2)CC1C(=O)OC. The topological polar surface area (TPSA) is 46.6 Å². The minimum atomic E-state index is -0.384. The molecule has 1 amide bonds. The number of likely N-dealkylation sites (tertiary alicyclic amines) is 1. The van der Waals surface area contributed by atoms with E-state index in [1.54, 1.807) is 11.0 Å². The summed E-state index contributed by atoms with van der Waals surface area (Å²) in [5.74, 6) is -1.21. The van der Waals surface area contributed by atoms with E-state index < -0.39 is 0 Å². The monoisotopic (exact) mass is 291 g/mol. The third kappa shape index (κ3) is 3.29. The molecule has 1 aliphatic rings. The summed E-state index contributed by atoms with van der Waals surface area (Å²) in [6.45, 7) is 4.48. The van der Waals surface area contributed by atoms with E-state index in [9.17, 15) is 14.0 Å². The Morgan fingerprint density at radius 2 is 2.05 bits per heavy atom. The van der Waals surface area contributed by atoms with Gasteiger partial charge < -0.3 is 9.64 Å². The number of carbonyl (C=O) groups is 2. The minimum absolute atomic E-state index is 0.0133. The highest BCUT2D eigenvalue weighted by Gasteiger charge is 2.39. The van der Waals surface area contributed by atoms with E-state index in [2.05, 4.69) is 6.58 Å². The summed E-state index contributed by atoms with van der Waals surface area (Å²) < 4.78 is 17.7. The maximum absolute atomic E-state index is 12.9. The second-order valence-electron chi connectivity index (χ2n) is 5.13. The quantitative estimate of drug-likeness (QED) is 0.631. The van der Waals surface area contributed by atoms with Gasteiger partial charge in [-0.25, -0.2) is 4.39 Å². The van der Waals surface area contributed by atoms with Crippen LogP contribution in [0.15, 0.2) is 36.9 Å². The van der Waals surface area contributed by atoms with Crippen molar-refractivity contribution in [1.29, 1.82) is 0 Å². The molecule has 5 heteroatoms. The first-order chi connectivity index (χ1) is 10.1. The average Bonchev–Trinajstić information content (AvgIpc) is 2.91. The van der Waals surface area contributed by atoms with Gasteiger partial charge in [-0.3, -0.25) is 9.59 Å². The Kier molecular flexibility index (Phi) is 4.73. The van der Waals surface area contributed by atoms with Crippen LogP contribution >= 0.6 is 0 Å². The maximum Gasteiger partial charge on any atom is 0.310 e. The number of amides is 1. The summed E-state index contributed by atoms with van der Waals surface area (Å²) in [6.07, 6.45) is 2.39. The number of ether oxygens (including phenoxy) is 1. The number of methoxy groups -OCH3 is 1. The van der Waals surface area contributed by atoms with E-state index >= 15 is 0 Å². The highest BCUT2D eigenvalue weighted by molar-refractivity contribution is 5.94. The van der Waals surface area contributed by atoms with Crippen LogP contribution < -0.4 is 0 Å². The summed E-state index contributed by atoms with van der Waals surface area (Å²) >= 11 is 0. The van der Waals surface area contributed by atoms with Gasteiger partial charge in [0.25, 0.3) is 5.91 Å². The third-order valence-corrected chi connectivity index (χ3v) is 3.79. The Balaban J connectivity index is 2.14. The predicted octanol–water partition coefficient (Wildman–Crippen LogP) is 2.26. The summed E-state index contributed by atoms with van der Waals surface area (Å²) in [6, 6.07) is 5.40. The summed E-state index contributed by atoms with van der Waals surface area (Å²) in [5, 5.41) is 0. The lowest BCUT2D eigenvalue weighted by Gasteiger charge is -2.16. The number of allylic oxidation sites excluding steroid dienone is 1. The number of benzene rings is 1. The fraction of sp³-hybridized carbons (Fsp3) is 0.375. The molecule has 1 saturated heterocycles. The second-order valence-corrected chi connectivity index (χ2v) is 5.13. The van der Waals surface area contributed by atoms with Gasteiger partial charge >= 0.3 is 5.97 Å². The molecule has 0 saturated carbocycles. The van der Waals surface area contributed by atoms with Gasteiger partial charge in [0.05, 0.1) is 13.0 Å². The molecule has 2 atom stereocenters. The van der Waals surface area contributed by atoms with Gasteiger partial charge in [0.1, 0.15) is 5.82 Å². The molecule has 21 heavy (non-hydrogen) atoms. The molecule has 112 valence electrons. The van der Waals surface area contributed by atoms with Crippen LogP contribution in [0.1, 0.15) is 16.8 Å². The highest BCUT2D eigenvalue weighted by Crippen LogP contribution is 2.28.